The molecule has 0 saturated carbocycles. The molecule has 6 heteroatoms. The van der Waals surface area contributed by atoms with Gasteiger partial charge in [0.25, 0.3) is 0 Å². The van der Waals surface area contributed by atoms with Crippen LogP contribution in [0.1, 0.15) is 6.92 Å². The number of rotatable bonds is 6. The second-order valence-electron chi connectivity index (χ2n) is 3.91. The highest BCUT2D eigenvalue weighted by atomic mass is 16.6. The van der Waals surface area contributed by atoms with Crippen LogP contribution in [0.3, 0.4) is 0 Å². The summed E-state index contributed by atoms with van der Waals surface area (Å²) in [6.45, 7) is 5.21. The number of amides is 1. The monoisotopic (exact) mass is 279 g/mol. The Kier molecular flexibility index (Phi) is 6.09. The van der Waals surface area contributed by atoms with Crippen molar-refractivity contribution < 1.29 is 23.8 Å². The molecular weight excluding hydrogens is 262 g/mol. The smallest absolute Gasteiger partial charge is 0.412 e. The van der Waals surface area contributed by atoms with Crippen molar-refractivity contribution in [2.45, 2.75) is 6.92 Å². The minimum Gasteiger partial charge on any atom is -0.497 e. The molecule has 1 rings (SSSR count). The lowest BCUT2D eigenvalue weighted by Crippen LogP contribution is -2.30. The molecule has 0 fully saturated rings. The summed E-state index contributed by atoms with van der Waals surface area (Å²) >= 11 is 0. The molecule has 0 unspecified atom stereocenters. The summed E-state index contributed by atoms with van der Waals surface area (Å²) in [7, 11) is 1.55. The van der Waals surface area contributed by atoms with Gasteiger partial charge in [-0.25, -0.2) is 9.59 Å². The second-order valence-corrected chi connectivity index (χ2v) is 3.91. The zero-order valence-corrected chi connectivity index (χ0v) is 11.5. The first-order chi connectivity index (χ1) is 9.52. The topological polar surface area (TPSA) is 73.9 Å². The van der Waals surface area contributed by atoms with Crippen LogP contribution in [0.5, 0.6) is 11.5 Å². The highest BCUT2D eigenvalue weighted by molar-refractivity contribution is 5.86. The van der Waals surface area contributed by atoms with E-state index in [1.54, 1.807) is 38.3 Å². The Bertz CT molecular complexity index is 481. The maximum absolute atomic E-state index is 11.4. The number of carbonyl (C=O) groups is 2. The maximum Gasteiger partial charge on any atom is 0.412 e. The van der Waals surface area contributed by atoms with Crippen LogP contribution in [-0.2, 0) is 9.53 Å². The van der Waals surface area contributed by atoms with Crippen LogP contribution in [0.2, 0.25) is 0 Å². The molecule has 0 bridgehead atoms. The minimum absolute atomic E-state index is 0.0589. The number of carbonyl (C=O) groups excluding carboxylic acids is 2. The standard InChI is InChI=1S/C14H17NO5/c1-10(2)13(16)19-9-8-15-14(17)20-12-6-4-11(18-3)5-7-12/h4-7H,1,8-9H2,2-3H3,(H,15,17). The third-order valence-electron chi connectivity index (χ3n) is 2.22. The average molecular weight is 279 g/mol. The van der Waals surface area contributed by atoms with Gasteiger partial charge in [-0.3, -0.25) is 0 Å². The Balaban J connectivity index is 2.26. The van der Waals surface area contributed by atoms with Gasteiger partial charge in [0.1, 0.15) is 18.1 Å². The summed E-state index contributed by atoms with van der Waals surface area (Å²) in [5.41, 5.74) is 0.311. The zero-order chi connectivity index (χ0) is 15.0. The fourth-order valence-corrected chi connectivity index (χ4v) is 1.21. The molecule has 0 aliphatic carbocycles. The van der Waals surface area contributed by atoms with Crippen molar-refractivity contribution in [1.82, 2.24) is 5.32 Å². The highest BCUT2D eigenvalue weighted by Crippen LogP contribution is 2.16. The molecule has 1 aromatic rings. The van der Waals surface area contributed by atoms with Crippen molar-refractivity contribution in [3.8, 4) is 11.5 Å². The van der Waals surface area contributed by atoms with Gasteiger partial charge in [0.2, 0.25) is 0 Å². The molecule has 108 valence electrons. The van der Waals surface area contributed by atoms with Crippen LogP contribution in [0.4, 0.5) is 4.79 Å². The van der Waals surface area contributed by atoms with E-state index in [0.29, 0.717) is 17.1 Å². The molecule has 1 aromatic carbocycles. The molecular formula is C14H17NO5. The third kappa shape index (κ3) is 5.43. The van der Waals surface area contributed by atoms with E-state index in [0.717, 1.165) is 0 Å². The van der Waals surface area contributed by atoms with Crippen LogP contribution >= 0.6 is 0 Å². The van der Waals surface area contributed by atoms with E-state index >= 15 is 0 Å². The van der Waals surface area contributed by atoms with Crippen LogP contribution in [0.25, 0.3) is 0 Å². The summed E-state index contributed by atoms with van der Waals surface area (Å²) in [6, 6.07) is 6.58. The van der Waals surface area contributed by atoms with Gasteiger partial charge in [0.15, 0.2) is 0 Å². The Morgan fingerprint density at radius 1 is 1.20 bits per heavy atom. The van der Waals surface area contributed by atoms with Crippen molar-refractivity contribution >= 4 is 12.1 Å². The molecule has 1 N–H and O–H groups in total. The Labute approximate surface area is 117 Å². The first-order valence-corrected chi connectivity index (χ1v) is 5.95. The fourth-order valence-electron chi connectivity index (χ4n) is 1.21. The number of benzene rings is 1. The summed E-state index contributed by atoms with van der Waals surface area (Å²) in [5, 5.41) is 2.45. The first kappa shape index (κ1) is 15.6. The van der Waals surface area contributed by atoms with Gasteiger partial charge in [0.05, 0.1) is 13.7 Å². The van der Waals surface area contributed by atoms with E-state index in [-0.39, 0.29) is 13.2 Å². The van der Waals surface area contributed by atoms with E-state index in [4.69, 9.17) is 14.2 Å². The Morgan fingerprint density at radius 3 is 2.35 bits per heavy atom. The average Bonchev–Trinajstić information content (AvgIpc) is 2.44. The lowest BCUT2D eigenvalue weighted by Gasteiger charge is -2.08. The summed E-state index contributed by atoms with van der Waals surface area (Å²) in [6.07, 6.45) is -0.624. The molecule has 0 saturated heterocycles. The maximum atomic E-state index is 11.4. The molecule has 6 nitrogen and oxygen atoms in total. The Morgan fingerprint density at radius 2 is 1.80 bits per heavy atom. The molecule has 0 heterocycles. The number of hydrogen-bond acceptors (Lipinski definition) is 5. The molecule has 0 aliphatic rings. The van der Waals surface area contributed by atoms with Gasteiger partial charge >= 0.3 is 12.1 Å². The lowest BCUT2D eigenvalue weighted by molar-refractivity contribution is -0.138. The summed E-state index contributed by atoms with van der Waals surface area (Å²) in [4.78, 5) is 22.5. The first-order valence-electron chi connectivity index (χ1n) is 5.95. The van der Waals surface area contributed by atoms with Crippen molar-refractivity contribution in [2.24, 2.45) is 0 Å². The van der Waals surface area contributed by atoms with Crippen LogP contribution in [-0.4, -0.2) is 32.3 Å². The molecule has 20 heavy (non-hydrogen) atoms. The molecule has 1 amide bonds. The fraction of sp³-hybridized carbons (Fsp3) is 0.286. The van der Waals surface area contributed by atoms with Gasteiger partial charge in [-0.15, -0.1) is 0 Å². The summed E-state index contributed by atoms with van der Waals surface area (Å²) < 4.78 is 14.8. The normalized spacial score (nSPS) is 9.50. The van der Waals surface area contributed by atoms with Gasteiger partial charge in [-0.2, -0.15) is 0 Å². The third-order valence-corrected chi connectivity index (χ3v) is 2.22. The molecule has 0 radical (unpaired) electrons. The van der Waals surface area contributed by atoms with Crippen molar-refractivity contribution in [3.05, 3.63) is 36.4 Å². The van der Waals surface area contributed by atoms with Crippen molar-refractivity contribution in [3.63, 3.8) is 0 Å². The number of ether oxygens (including phenoxy) is 3. The molecule has 0 aromatic heterocycles. The van der Waals surface area contributed by atoms with E-state index < -0.39 is 12.1 Å². The van der Waals surface area contributed by atoms with Crippen LogP contribution in [0, 0.1) is 0 Å². The van der Waals surface area contributed by atoms with Gasteiger partial charge in [-0.1, -0.05) is 6.58 Å². The van der Waals surface area contributed by atoms with E-state index in [1.807, 2.05) is 0 Å². The molecule has 0 aliphatic heterocycles. The molecule has 0 atom stereocenters. The van der Waals surface area contributed by atoms with Gasteiger partial charge in [-0.05, 0) is 31.2 Å². The second kappa shape index (κ2) is 7.83. The largest absolute Gasteiger partial charge is 0.497 e. The number of esters is 1. The highest BCUT2D eigenvalue weighted by Gasteiger charge is 2.06. The number of hydrogen-bond donors (Lipinski definition) is 1. The summed E-state index contributed by atoms with van der Waals surface area (Å²) in [5.74, 6) is 0.571. The lowest BCUT2D eigenvalue weighted by atomic mass is 10.3. The predicted octanol–water partition coefficient (Wildman–Crippen LogP) is 1.90. The quantitative estimate of drug-likeness (QED) is 0.489. The number of nitrogens with one attached hydrogen (secondary N) is 1. The Hall–Kier alpha value is -2.50. The van der Waals surface area contributed by atoms with Crippen LogP contribution < -0.4 is 14.8 Å². The van der Waals surface area contributed by atoms with Gasteiger partial charge < -0.3 is 19.5 Å². The van der Waals surface area contributed by atoms with Crippen molar-refractivity contribution in [1.29, 1.82) is 0 Å². The van der Waals surface area contributed by atoms with Gasteiger partial charge in [0, 0.05) is 5.57 Å². The minimum atomic E-state index is -0.624. The van der Waals surface area contributed by atoms with E-state index in [1.165, 1.54) is 0 Å². The van der Waals surface area contributed by atoms with E-state index in [2.05, 4.69) is 11.9 Å². The van der Waals surface area contributed by atoms with E-state index in [9.17, 15) is 9.59 Å². The van der Waals surface area contributed by atoms with Crippen LogP contribution in [0.15, 0.2) is 36.4 Å². The SMILES string of the molecule is C=C(C)C(=O)OCCNC(=O)Oc1ccc(OC)cc1. The molecule has 0 spiro atoms. The predicted molar refractivity (Wildman–Crippen MR) is 72.8 cm³/mol. The zero-order valence-electron chi connectivity index (χ0n) is 11.5. The van der Waals surface area contributed by atoms with Crippen molar-refractivity contribution in [2.75, 3.05) is 20.3 Å². The number of methoxy groups -OCH3 is 1.